The van der Waals surface area contributed by atoms with E-state index in [4.69, 9.17) is 0 Å². The number of rotatable bonds is 2. The van der Waals surface area contributed by atoms with Crippen molar-refractivity contribution in [1.29, 1.82) is 0 Å². The maximum Gasteiger partial charge on any atom is 0.270 e. The molecular weight excluding hydrogens is 290 g/mol. The van der Waals surface area contributed by atoms with Gasteiger partial charge in [0.05, 0.1) is 6.20 Å². The number of hydrogen-bond donors (Lipinski definition) is 0. The summed E-state index contributed by atoms with van der Waals surface area (Å²) in [7, 11) is 1.91. The van der Waals surface area contributed by atoms with Gasteiger partial charge in [0.1, 0.15) is 5.69 Å². The van der Waals surface area contributed by atoms with Crippen LogP contribution in [0.3, 0.4) is 0 Å². The van der Waals surface area contributed by atoms with Crippen LogP contribution in [0.5, 0.6) is 0 Å². The number of piperidine rings is 1. The predicted molar refractivity (Wildman–Crippen MR) is 86.3 cm³/mol. The molecule has 0 bridgehead atoms. The second-order valence-corrected chi connectivity index (χ2v) is 6.06. The minimum Gasteiger partial charge on any atom is -0.347 e. The molecule has 4 heterocycles. The molecule has 1 aliphatic rings. The highest BCUT2D eigenvalue weighted by Crippen LogP contribution is 2.27. The molecule has 0 N–H and O–H groups in total. The molecule has 0 atom stereocenters. The summed E-state index contributed by atoms with van der Waals surface area (Å²) >= 11 is 0. The Labute approximate surface area is 134 Å². The average Bonchev–Trinajstić information content (AvgIpc) is 3.22. The second kappa shape index (κ2) is 5.53. The van der Waals surface area contributed by atoms with Crippen LogP contribution in [0, 0.1) is 0 Å². The van der Waals surface area contributed by atoms with Gasteiger partial charge in [0, 0.05) is 50.2 Å². The molecule has 1 fully saturated rings. The standard InChI is InChI=1S/C17H19N5O/c1-20-9-2-3-15(20)17(23)21-10-5-13(6-11-21)14-7-12-22-16(19-14)4-8-18-22/h2-4,7-9,12-13H,5-6,10-11H2,1H3. The van der Waals surface area contributed by atoms with E-state index < -0.39 is 0 Å². The molecule has 6 heteroatoms. The first kappa shape index (κ1) is 14.0. The quantitative estimate of drug-likeness (QED) is 0.728. The van der Waals surface area contributed by atoms with Gasteiger partial charge in [-0.1, -0.05) is 0 Å². The number of hydrogen-bond acceptors (Lipinski definition) is 3. The molecule has 0 spiro atoms. The van der Waals surface area contributed by atoms with Crippen molar-refractivity contribution in [3.8, 4) is 0 Å². The first-order valence-electron chi connectivity index (χ1n) is 7.93. The number of aromatic nitrogens is 4. The van der Waals surface area contributed by atoms with Crippen molar-refractivity contribution in [1.82, 2.24) is 24.1 Å². The number of carbonyl (C=O) groups is 1. The van der Waals surface area contributed by atoms with Crippen molar-refractivity contribution in [3.63, 3.8) is 0 Å². The highest BCUT2D eigenvalue weighted by molar-refractivity contribution is 5.92. The van der Waals surface area contributed by atoms with E-state index in [9.17, 15) is 4.79 Å². The highest BCUT2D eigenvalue weighted by atomic mass is 16.2. The van der Waals surface area contributed by atoms with Crippen molar-refractivity contribution in [2.75, 3.05) is 13.1 Å². The molecule has 23 heavy (non-hydrogen) atoms. The number of amides is 1. The van der Waals surface area contributed by atoms with Gasteiger partial charge in [-0.3, -0.25) is 4.79 Å². The number of nitrogens with zero attached hydrogens (tertiary/aromatic N) is 5. The normalized spacial score (nSPS) is 16.1. The van der Waals surface area contributed by atoms with Crippen LogP contribution in [0.4, 0.5) is 0 Å². The van der Waals surface area contributed by atoms with Crippen molar-refractivity contribution in [2.45, 2.75) is 18.8 Å². The Bertz CT molecular complexity index is 841. The molecule has 6 nitrogen and oxygen atoms in total. The monoisotopic (exact) mass is 309 g/mol. The molecule has 0 unspecified atom stereocenters. The van der Waals surface area contributed by atoms with E-state index in [0.717, 1.165) is 43.0 Å². The smallest absolute Gasteiger partial charge is 0.270 e. The summed E-state index contributed by atoms with van der Waals surface area (Å²) in [4.78, 5) is 19.2. The lowest BCUT2D eigenvalue weighted by atomic mass is 9.93. The van der Waals surface area contributed by atoms with Crippen molar-refractivity contribution < 1.29 is 4.79 Å². The lowest BCUT2D eigenvalue weighted by Crippen LogP contribution is -2.38. The van der Waals surface area contributed by atoms with E-state index in [-0.39, 0.29) is 5.91 Å². The number of aryl methyl sites for hydroxylation is 1. The van der Waals surface area contributed by atoms with Gasteiger partial charge in [-0.2, -0.15) is 5.10 Å². The fraction of sp³-hybridized carbons (Fsp3) is 0.353. The third-order valence-electron chi connectivity index (χ3n) is 4.64. The van der Waals surface area contributed by atoms with Crippen molar-refractivity contribution in [3.05, 3.63) is 54.2 Å². The molecule has 0 radical (unpaired) electrons. The first-order chi connectivity index (χ1) is 11.2. The highest BCUT2D eigenvalue weighted by Gasteiger charge is 2.26. The SMILES string of the molecule is Cn1cccc1C(=O)N1CCC(c2ccn3nccc3n2)CC1. The van der Waals surface area contributed by atoms with Crippen LogP contribution in [0.25, 0.3) is 5.65 Å². The second-order valence-electron chi connectivity index (χ2n) is 6.06. The molecule has 0 saturated carbocycles. The number of likely N-dealkylation sites (tertiary alicyclic amines) is 1. The fourth-order valence-corrected chi connectivity index (χ4v) is 3.28. The maximum atomic E-state index is 12.5. The molecule has 1 aliphatic heterocycles. The summed E-state index contributed by atoms with van der Waals surface area (Å²) in [5, 5.41) is 4.18. The largest absolute Gasteiger partial charge is 0.347 e. The van der Waals surface area contributed by atoms with Gasteiger partial charge in [0.15, 0.2) is 5.65 Å². The molecular formula is C17H19N5O. The maximum absolute atomic E-state index is 12.5. The Morgan fingerprint density at radius 3 is 2.74 bits per heavy atom. The molecule has 118 valence electrons. The summed E-state index contributed by atoms with van der Waals surface area (Å²) < 4.78 is 3.65. The van der Waals surface area contributed by atoms with Gasteiger partial charge in [0.2, 0.25) is 0 Å². The summed E-state index contributed by atoms with van der Waals surface area (Å²) in [6.45, 7) is 1.56. The van der Waals surface area contributed by atoms with Crippen LogP contribution >= 0.6 is 0 Å². The molecule has 3 aromatic heterocycles. The summed E-state index contributed by atoms with van der Waals surface area (Å²) in [6, 6.07) is 7.74. The van der Waals surface area contributed by atoms with Crippen LogP contribution < -0.4 is 0 Å². The zero-order chi connectivity index (χ0) is 15.8. The lowest BCUT2D eigenvalue weighted by molar-refractivity contribution is 0.0702. The van der Waals surface area contributed by atoms with Gasteiger partial charge < -0.3 is 9.47 Å². The molecule has 4 rings (SSSR count). The van der Waals surface area contributed by atoms with Crippen LogP contribution in [-0.2, 0) is 7.05 Å². The topological polar surface area (TPSA) is 55.4 Å². The van der Waals surface area contributed by atoms with Gasteiger partial charge in [-0.25, -0.2) is 9.50 Å². The minimum atomic E-state index is 0.121. The Morgan fingerprint density at radius 2 is 2.00 bits per heavy atom. The van der Waals surface area contributed by atoms with E-state index >= 15 is 0 Å². The molecule has 1 saturated heterocycles. The fourth-order valence-electron chi connectivity index (χ4n) is 3.28. The van der Waals surface area contributed by atoms with E-state index in [2.05, 4.69) is 10.1 Å². The number of fused-ring (bicyclic) bond motifs is 1. The average molecular weight is 309 g/mol. The van der Waals surface area contributed by atoms with Crippen molar-refractivity contribution >= 4 is 11.6 Å². The summed E-state index contributed by atoms with van der Waals surface area (Å²) in [5.41, 5.74) is 2.73. The Balaban J connectivity index is 1.46. The van der Waals surface area contributed by atoms with Crippen LogP contribution in [0.1, 0.15) is 34.9 Å². The Morgan fingerprint density at radius 1 is 1.17 bits per heavy atom. The summed E-state index contributed by atoms with van der Waals surface area (Å²) in [5.74, 6) is 0.530. The first-order valence-corrected chi connectivity index (χ1v) is 7.93. The van der Waals surface area contributed by atoms with Crippen LogP contribution in [-0.4, -0.2) is 43.1 Å². The molecule has 1 amide bonds. The predicted octanol–water partition coefficient (Wildman–Crippen LogP) is 2.09. The third kappa shape index (κ3) is 2.50. The van der Waals surface area contributed by atoms with Gasteiger partial charge in [-0.05, 0) is 31.0 Å². The van der Waals surface area contributed by atoms with E-state index in [1.54, 1.807) is 10.7 Å². The minimum absolute atomic E-state index is 0.121. The number of carbonyl (C=O) groups excluding carboxylic acids is 1. The Kier molecular flexibility index (Phi) is 3.37. The van der Waals surface area contributed by atoms with E-state index in [1.165, 1.54) is 0 Å². The van der Waals surface area contributed by atoms with E-state index in [1.807, 2.05) is 53.2 Å². The van der Waals surface area contributed by atoms with Crippen LogP contribution in [0.2, 0.25) is 0 Å². The lowest BCUT2D eigenvalue weighted by Gasteiger charge is -2.31. The van der Waals surface area contributed by atoms with Gasteiger partial charge in [0.25, 0.3) is 5.91 Å². The zero-order valence-corrected chi connectivity index (χ0v) is 13.1. The zero-order valence-electron chi connectivity index (χ0n) is 13.1. The van der Waals surface area contributed by atoms with E-state index in [0.29, 0.717) is 5.92 Å². The molecule has 3 aromatic rings. The van der Waals surface area contributed by atoms with Gasteiger partial charge >= 0.3 is 0 Å². The van der Waals surface area contributed by atoms with Gasteiger partial charge in [-0.15, -0.1) is 0 Å². The molecule has 0 aliphatic carbocycles. The summed E-state index contributed by atoms with van der Waals surface area (Å²) in [6.07, 6.45) is 7.53. The van der Waals surface area contributed by atoms with Crippen LogP contribution in [0.15, 0.2) is 42.9 Å². The molecule has 0 aromatic carbocycles. The Hall–Kier alpha value is -2.63. The third-order valence-corrected chi connectivity index (χ3v) is 4.64. The van der Waals surface area contributed by atoms with Crippen molar-refractivity contribution in [2.24, 2.45) is 7.05 Å².